The normalized spacial score (nSPS) is 22.6. The van der Waals surface area contributed by atoms with Gasteiger partial charge >= 0.3 is 6.03 Å². The summed E-state index contributed by atoms with van der Waals surface area (Å²) in [6, 6.07) is 7.54. The third kappa shape index (κ3) is 3.87. The molecule has 0 spiro atoms. The van der Waals surface area contributed by atoms with E-state index >= 15 is 0 Å². The van der Waals surface area contributed by atoms with Gasteiger partial charge in [-0.05, 0) is 24.5 Å². The summed E-state index contributed by atoms with van der Waals surface area (Å²) in [5.74, 6) is 0.0271. The molecule has 2 fully saturated rings. The predicted molar refractivity (Wildman–Crippen MR) is 89.7 cm³/mol. The Hall–Kier alpha value is -2.08. The van der Waals surface area contributed by atoms with E-state index in [9.17, 15) is 14.4 Å². The number of nitrogens with one attached hydrogen (secondary N) is 2. The summed E-state index contributed by atoms with van der Waals surface area (Å²) in [7, 11) is 0. The first kappa shape index (κ1) is 16.8. The lowest BCUT2D eigenvalue weighted by molar-refractivity contribution is -0.138. The van der Waals surface area contributed by atoms with E-state index in [1.54, 1.807) is 0 Å². The smallest absolute Gasteiger partial charge is 0.315 e. The van der Waals surface area contributed by atoms with Gasteiger partial charge in [-0.2, -0.15) is 0 Å². The molecule has 1 aromatic carbocycles. The van der Waals surface area contributed by atoms with Crippen molar-refractivity contribution in [3.05, 3.63) is 34.9 Å². The second-order valence-corrected chi connectivity index (χ2v) is 6.57. The fraction of sp³-hybridized carbons (Fsp3) is 0.471. The molecule has 4 amide bonds. The van der Waals surface area contributed by atoms with Crippen LogP contribution in [0.2, 0.25) is 5.02 Å². The van der Waals surface area contributed by atoms with Gasteiger partial charge in [-0.15, -0.1) is 0 Å². The minimum Gasteiger partial charge on any atom is -0.338 e. The standard InChI is InChI=1S/C17H20ClN3O3/c18-13-5-2-1-4-11(13)12-10-14(12)20-17(24)19-8-3-9-21-15(22)6-7-16(21)23/h1-2,4-5,12,14H,3,6-10H2,(H2,19,20,24)/t12-,14+/m0/s1. The highest BCUT2D eigenvalue weighted by Crippen LogP contribution is 2.43. The fourth-order valence-corrected chi connectivity index (χ4v) is 3.28. The second kappa shape index (κ2) is 7.21. The highest BCUT2D eigenvalue weighted by Gasteiger charge is 2.40. The van der Waals surface area contributed by atoms with Crippen LogP contribution < -0.4 is 10.6 Å². The van der Waals surface area contributed by atoms with Gasteiger partial charge in [0.2, 0.25) is 11.8 Å². The third-order valence-corrected chi connectivity index (χ3v) is 4.75. The van der Waals surface area contributed by atoms with Gasteiger partial charge in [0.25, 0.3) is 0 Å². The van der Waals surface area contributed by atoms with E-state index in [1.807, 2.05) is 24.3 Å². The van der Waals surface area contributed by atoms with Crippen LogP contribution in [0.15, 0.2) is 24.3 Å². The minimum atomic E-state index is -0.228. The van der Waals surface area contributed by atoms with Crippen LogP contribution >= 0.6 is 11.6 Å². The first-order valence-corrected chi connectivity index (χ1v) is 8.56. The van der Waals surface area contributed by atoms with Crippen LogP contribution in [-0.4, -0.2) is 41.9 Å². The van der Waals surface area contributed by atoms with Crippen molar-refractivity contribution in [3.63, 3.8) is 0 Å². The van der Waals surface area contributed by atoms with Gasteiger partial charge in [-0.1, -0.05) is 29.8 Å². The average molecular weight is 350 g/mol. The maximum absolute atomic E-state index is 11.9. The molecule has 1 aliphatic heterocycles. The number of carbonyl (C=O) groups is 3. The van der Waals surface area contributed by atoms with Crippen molar-refractivity contribution in [1.29, 1.82) is 0 Å². The van der Waals surface area contributed by atoms with E-state index < -0.39 is 0 Å². The molecule has 0 aromatic heterocycles. The van der Waals surface area contributed by atoms with Crippen molar-refractivity contribution in [2.75, 3.05) is 13.1 Å². The number of urea groups is 1. The summed E-state index contributed by atoms with van der Waals surface area (Å²) in [4.78, 5) is 36.1. The summed E-state index contributed by atoms with van der Waals surface area (Å²) >= 11 is 6.16. The molecule has 1 heterocycles. The number of amides is 4. The Morgan fingerprint density at radius 1 is 1.21 bits per heavy atom. The average Bonchev–Trinajstić information content (AvgIpc) is 3.23. The summed E-state index contributed by atoms with van der Waals surface area (Å²) in [5.41, 5.74) is 1.07. The molecule has 7 heteroatoms. The summed E-state index contributed by atoms with van der Waals surface area (Å²) in [5, 5.41) is 6.41. The number of hydrogen-bond donors (Lipinski definition) is 2. The quantitative estimate of drug-likeness (QED) is 0.609. The molecule has 1 saturated heterocycles. The molecule has 6 nitrogen and oxygen atoms in total. The zero-order chi connectivity index (χ0) is 17.1. The SMILES string of the molecule is O=C(NCCCN1C(=O)CCC1=O)N[C@@H]1C[C@H]1c1ccccc1Cl. The van der Waals surface area contributed by atoms with Gasteiger partial charge in [0.05, 0.1) is 0 Å². The Bertz CT molecular complexity index is 648. The van der Waals surface area contributed by atoms with Crippen molar-refractivity contribution >= 4 is 29.4 Å². The van der Waals surface area contributed by atoms with Crippen molar-refractivity contribution in [1.82, 2.24) is 15.5 Å². The number of rotatable bonds is 6. The first-order chi connectivity index (χ1) is 11.6. The number of carbonyl (C=O) groups excluding carboxylic acids is 3. The monoisotopic (exact) mass is 349 g/mol. The highest BCUT2D eigenvalue weighted by molar-refractivity contribution is 6.31. The molecule has 0 radical (unpaired) electrons. The molecule has 2 atom stereocenters. The van der Waals surface area contributed by atoms with Crippen LogP contribution in [0.25, 0.3) is 0 Å². The number of nitrogens with zero attached hydrogens (tertiary/aromatic N) is 1. The number of imide groups is 1. The van der Waals surface area contributed by atoms with E-state index in [1.165, 1.54) is 4.90 Å². The van der Waals surface area contributed by atoms with Crippen molar-refractivity contribution < 1.29 is 14.4 Å². The van der Waals surface area contributed by atoms with Gasteiger partial charge in [-0.25, -0.2) is 4.79 Å². The topological polar surface area (TPSA) is 78.5 Å². The first-order valence-electron chi connectivity index (χ1n) is 8.18. The van der Waals surface area contributed by atoms with Crippen molar-refractivity contribution in [2.45, 2.75) is 37.6 Å². The number of benzene rings is 1. The van der Waals surface area contributed by atoms with Crippen molar-refractivity contribution in [2.24, 2.45) is 0 Å². The van der Waals surface area contributed by atoms with E-state index in [0.29, 0.717) is 32.4 Å². The molecular formula is C17H20ClN3O3. The van der Waals surface area contributed by atoms with Gasteiger partial charge < -0.3 is 10.6 Å². The highest BCUT2D eigenvalue weighted by atomic mass is 35.5. The van der Waals surface area contributed by atoms with Crippen LogP contribution in [0, 0.1) is 0 Å². The fourth-order valence-electron chi connectivity index (χ4n) is 3.00. The lowest BCUT2D eigenvalue weighted by Crippen LogP contribution is -2.39. The maximum Gasteiger partial charge on any atom is 0.315 e. The van der Waals surface area contributed by atoms with Gasteiger partial charge in [0.15, 0.2) is 0 Å². The van der Waals surface area contributed by atoms with Crippen LogP contribution in [0.3, 0.4) is 0 Å². The summed E-state index contributed by atoms with van der Waals surface area (Å²) in [6.07, 6.45) is 2.05. The lowest BCUT2D eigenvalue weighted by Gasteiger charge is -2.14. The zero-order valence-corrected chi connectivity index (χ0v) is 14.0. The van der Waals surface area contributed by atoms with Crippen molar-refractivity contribution in [3.8, 4) is 0 Å². The van der Waals surface area contributed by atoms with Crippen LogP contribution in [0.4, 0.5) is 4.79 Å². The molecule has 1 aliphatic carbocycles. The lowest BCUT2D eigenvalue weighted by atomic mass is 10.1. The van der Waals surface area contributed by atoms with Crippen LogP contribution in [0.1, 0.15) is 37.2 Å². The third-order valence-electron chi connectivity index (χ3n) is 4.41. The minimum absolute atomic E-state index is 0.103. The number of hydrogen-bond acceptors (Lipinski definition) is 3. The molecule has 128 valence electrons. The predicted octanol–water partition coefficient (Wildman–Crippen LogP) is 2.03. The van der Waals surface area contributed by atoms with Crippen LogP contribution in [0.5, 0.6) is 0 Å². The zero-order valence-electron chi connectivity index (χ0n) is 13.3. The molecule has 0 bridgehead atoms. The summed E-state index contributed by atoms with van der Waals surface area (Å²) < 4.78 is 0. The van der Waals surface area contributed by atoms with Gasteiger partial charge in [0, 0.05) is 42.9 Å². The maximum atomic E-state index is 11.9. The van der Waals surface area contributed by atoms with E-state index in [4.69, 9.17) is 11.6 Å². The van der Waals surface area contributed by atoms with Gasteiger partial charge in [-0.3, -0.25) is 14.5 Å². The Labute approximate surface area is 145 Å². The molecule has 24 heavy (non-hydrogen) atoms. The molecule has 0 unspecified atom stereocenters. The largest absolute Gasteiger partial charge is 0.338 e. The number of likely N-dealkylation sites (tertiary alicyclic amines) is 1. The Morgan fingerprint density at radius 2 is 1.92 bits per heavy atom. The Kier molecular flexibility index (Phi) is 5.04. The van der Waals surface area contributed by atoms with E-state index in [-0.39, 0.29) is 29.8 Å². The molecule has 3 rings (SSSR count). The second-order valence-electron chi connectivity index (χ2n) is 6.16. The Morgan fingerprint density at radius 3 is 2.62 bits per heavy atom. The molecule has 2 aliphatic rings. The molecule has 2 N–H and O–H groups in total. The Balaban J connectivity index is 1.35. The number of halogens is 1. The van der Waals surface area contributed by atoms with E-state index in [2.05, 4.69) is 10.6 Å². The summed E-state index contributed by atoms with van der Waals surface area (Å²) in [6.45, 7) is 0.788. The van der Waals surface area contributed by atoms with Gasteiger partial charge in [0.1, 0.15) is 0 Å². The molecule has 1 aromatic rings. The molecular weight excluding hydrogens is 330 g/mol. The van der Waals surface area contributed by atoms with E-state index in [0.717, 1.165) is 17.0 Å². The van der Waals surface area contributed by atoms with Crippen LogP contribution in [-0.2, 0) is 9.59 Å². The molecule has 1 saturated carbocycles.